The van der Waals surface area contributed by atoms with Crippen molar-refractivity contribution in [1.29, 1.82) is 0 Å². The van der Waals surface area contributed by atoms with Gasteiger partial charge in [0.15, 0.2) is 0 Å². The molecule has 168 valence electrons. The largest absolute Gasteiger partial charge is 0.369 e. The molecule has 1 aliphatic rings. The quantitative estimate of drug-likeness (QED) is 0.610. The van der Waals surface area contributed by atoms with Crippen molar-refractivity contribution in [1.82, 2.24) is 19.7 Å². The predicted octanol–water partition coefficient (Wildman–Crippen LogP) is 2.36. The molecule has 2 aromatic carbocycles. The number of nitrogens with zero attached hydrogens (tertiary/aromatic N) is 4. The van der Waals surface area contributed by atoms with Gasteiger partial charge in [-0.05, 0) is 35.9 Å². The summed E-state index contributed by atoms with van der Waals surface area (Å²) < 4.78 is 42.5. The number of nitrogens with two attached hydrogens (primary N) is 1. The number of piperazine rings is 1. The van der Waals surface area contributed by atoms with Crippen LogP contribution < -0.4 is 21.6 Å². The van der Waals surface area contributed by atoms with Crippen LogP contribution in [0.2, 0.25) is 0 Å². The number of nitrogens with one attached hydrogen (secondary N) is 1. The van der Waals surface area contributed by atoms with Gasteiger partial charge >= 0.3 is 5.69 Å². The minimum absolute atomic E-state index is 0.249. The third-order valence-corrected chi connectivity index (χ3v) is 5.48. The molecule has 1 aromatic heterocycles. The summed E-state index contributed by atoms with van der Waals surface area (Å²) >= 11 is 0. The van der Waals surface area contributed by atoms with Gasteiger partial charge in [0.25, 0.3) is 6.08 Å². The molecule has 7 nitrogen and oxygen atoms in total. The average Bonchev–Trinajstić information content (AvgIpc) is 3.18. The van der Waals surface area contributed by atoms with Gasteiger partial charge < -0.3 is 16.0 Å². The maximum atomic E-state index is 14.9. The standard InChI is InChI=1S/C22H23F3N6O/c23-20-11-18(30-14-28-31(22(30)32)13-16(12-26)21(24)25)5-6-19(20)15-1-3-17(4-2-15)29-9-7-27-8-10-29/h1-6,11,14,27H,7-10,12-13,26H2. The fourth-order valence-electron chi connectivity index (χ4n) is 3.67. The molecule has 1 aliphatic heterocycles. The van der Waals surface area contributed by atoms with E-state index in [1.54, 1.807) is 12.1 Å². The van der Waals surface area contributed by atoms with Crippen molar-refractivity contribution >= 4 is 5.69 Å². The van der Waals surface area contributed by atoms with E-state index >= 15 is 0 Å². The van der Waals surface area contributed by atoms with Crippen molar-refractivity contribution in [3.8, 4) is 16.8 Å². The number of aromatic nitrogens is 3. The summed E-state index contributed by atoms with van der Waals surface area (Å²) in [5, 5.41) is 7.15. The molecule has 0 spiro atoms. The zero-order valence-corrected chi connectivity index (χ0v) is 17.3. The van der Waals surface area contributed by atoms with Crippen molar-refractivity contribution < 1.29 is 13.2 Å². The van der Waals surface area contributed by atoms with E-state index in [0.29, 0.717) is 11.1 Å². The van der Waals surface area contributed by atoms with Crippen LogP contribution in [0.15, 0.2) is 65.2 Å². The summed E-state index contributed by atoms with van der Waals surface area (Å²) in [5.74, 6) is -0.505. The molecule has 10 heteroatoms. The molecule has 0 atom stereocenters. The van der Waals surface area contributed by atoms with Crippen molar-refractivity contribution in [2.45, 2.75) is 6.54 Å². The maximum absolute atomic E-state index is 14.9. The first-order valence-corrected chi connectivity index (χ1v) is 10.2. The topological polar surface area (TPSA) is 81.1 Å². The third kappa shape index (κ3) is 4.46. The molecule has 32 heavy (non-hydrogen) atoms. The Morgan fingerprint density at radius 3 is 2.38 bits per heavy atom. The van der Waals surface area contributed by atoms with Gasteiger partial charge in [-0.3, -0.25) is 0 Å². The average molecular weight is 444 g/mol. The van der Waals surface area contributed by atoms with E-state index in [-0.39, 0.29) is 11.3 Å². The van der Waals surface area contributed by atoms with E-state index in [2.05, 4.69) is 15.3 Å². The van der Waals surface area contributed by atoms with E-state index in [0.717, 1.165) is 41.1 Å². The van der Waals surface area contributed by atoms with E-state index in [1.807, 2.05) is 24.3 Å². The predicted molar refractivity (Wildman–Crippen MR) is 117 cm³/mol. The van der Waals surface area contributed by atoms with Crippen molar-refractivity contribution in [3.05, 3.63) is 76.7 Å². The molecule has 0 unspecified atom stereocenters. The summed E-state index contributed by atoms with van der Waals surface area (Å²) in [6.07, 6.45) is -0.768. The molecule has 1 saturated heterocycles. The number of hydrogen-bond donors (Lipinski definition) is 2. The Kier molecular flexibility index (Phi) is 6.42. The Balaban J connectivity index is 1.56. The van der Waals surface area contributed by atoms with Crippen LogP contribution in [0, 0.1) is 5.82 Å². The minimum atomic E-state index is -1.94. The van der Waals surface area contributed by atoms with Gasteiger partial charge in [0.1, 0.15) is 12.1 Å². The molecule has 1 fully saturated rings. The first-order chi connectivity index (χ1) is 15.5. The summed E-state index contributed by atoms with van der Waals surface area (Å²) in [4.78, 5) is 14.8. The van der Waals surface area contributed by atoms with E-state index in [1.165, 1.54) is 12.4 Å². The molecule has 0 saturated carbocycles. The van der Waals surface area contributed by atoms with Gasteiger partial charge in [0.05, 0.1) is 12.2 Å². The first-order valence-electron chi connectivity index (χ1n) is 10.2. The molecule has 2 heterocycles. The first kappa shape index (κ1) is 21.8. The Labute approximate surface area is 182 Å². The monoisotopic (exact) mass is 444 g/mol. The molecule has 4 rings (SSSR count). The Hall–Kier alpha value is -3.37. The highest BCUT2D eigenvalue weighted by molar-refractivity contribution is 5.68. The molecule has 0 amide bonds. The molecule has 3 N–H and O–H groups in total. The number of rotatable bonds is 6. The Morgan fingerprint density at radius 1 is 1.06 bits per heavy atom. The van der Waals surface area contributed by atoms with Crippen molar-refractivity contribution in [2.24, 2.45) is 5.73 Å². The van der Waals surface area contributed by atoms with Crippen LogP contribution >= 0.6 is 0 Å². The lowest BCUT2D eigenvalue weighted by atomic mass is 10.0. The normalized spacial score (nSPS) is 13.9. The van der Waals surface area contributed by atoms with Crippen LogP contribution in [0.25, 0.3) is 16.8 Å². The van der Waals surface area contributed by atoms with Gasteiger partial charge in [-0.25, -0.2) is 18.4 Å². The molecule has 0 radical (unpaired) electrons. The molecule has 0 bridgehead atoms. The lowest BCUT2D eigenvalue weighted by molar-refractivity contribution is 0.400. The van der Waals surface area contributed by atoms with Crippen LogP contribution in [-0.2, 0) is 6.54 Å². The van der Waals surface area contributed by atoms with Crippen LogP contribution in [0.4, 0.5) is 18.9 Å². The van der Waals surface area contributed by atoms with Crippen LogP contribution in [0.1, 0.15) is 0 Å². The van der Waals surface area contributed by atoms with Gasteiger partial charge in [0.2, 0.25) is 0 Å². The molecular formula is C22H23F3N6O. The number of benzene rings is 2. The van der Waals surface area contributed by atoms with Gasteiger partial charge in [-0.1, -0.05) is 12.1 Å². The summed E-state index contributed by atoms with van der Waals surface area (Å²) in [7, 11) is 0. The van der Waals surface area contributed by atoms with Crippen LogP contribution in [0.3, 0.4) is 0 Å². The van der Waals surface area contributed by atoms with E-state index < -0.39 is 30.7 Å². The highest BCUT2D eigenvalue weighted by Crippen LogP contribution is 2.27. The third-order valence-electron chi connectivity index (χ3n) is 5.48. The number of anilines is 1. The lowest BCUT2D eigenvalue weighted by Gasteiger charge is -2.29. The summed E-state index contributed by atoms with van der Waals surface area (Å²) in [6, 6.07) is 12.1. The van der Waals surface area contributed by atoms with Crippen molar-refractivity contribution in [3.63, 3.8) is 0 Å². The highest BCUT2D eigenvalue weighted by Gasteiger charge is 2.14. The smallest absolute Gasteiger partial charge is 0.350 e. The fraction of sp³-hybridized carbons (Fsp3) is 0.273. The Morgan fingerprint density at radius 2 is 1.75 bits per heavy atom. The molecule has 0 aliphatic carbocycles. The Bertz CT molecular complexity index is 1180. The fourth-order valence-corrected chi connectivity index (χ4v) is 3.67. The zero-order valence-electron chi connectivity index (χ0n) is 17.3. The zero-order chi connectivity index (χ0) is 22.7. The van der Waals surface area contributed by atoms with Gasteiger partial charge in [-0.15, -0.1) is 0 Å². The maximum Gasteiger partial charge on any atom is 0.350 e. The second-order valence-electron chi connectivity index (χ2n) is 7.46. The molecule has 3 aromatic rings. The van der Waals surface area contributed by atoms with Crippen LogP contribution in [0.5, 0.6) is 0 Å². The summed E-state index contributed by atoms with van der Waals surface area (Å²) in [5.41, 5.74) is 6.69. The van der Waals surface area contributed by atoms with E-state index in [4.69, 9.17) is 5.73 Å². The minimum Gasteiger partial charge on any atom is -0.369 e. The highest BCUT2D eigenvalue weighted by atomic mass is 19.3. The SMILES string of the molecule is NCC(Cn1ncn(-c2ccc(-c3ccc(N4CCNCC4)cc3)c(F)c2)c1=O)=C(F)F. The molecular weight excluding hydrogens is 421 g/mol. The summed E-state index contributed by atoms with van der Waals surface area (Å²) in [6.45, 7) is 2.89. The van der Waals surface area contributed by atoms with Gasteiger partial charge in [-0.2, -0.15) is 13.9 Å². The van der Waals surface area contributed by atoms with Crippen molar-refractivity contribution in [2.75, 3.05) is 37.6 Å². The van der Waals surface area contributed by atoms with E-state index in [9.17, 15) is 18.0 Å². The van der Waals surface area contributed by atoms with Gasteiger partial charge in [0, 0.05) is 49.5 Å². The second-order valence-corrected chi connectivity index (χ2v) is 7.46. The second kappa shape index (κ2) is 9.41. The number of hydrogen-bond acceptors (Lipinski definition) is 5. The van der Waals surface area contributed by atoms with Crippen LogP contribution in [-0.4, -0.2) is 47.1 Å². The lowest BCUT2D eigenvalue weighted by Crippen LogP contribution is -2.43. The number of halogens is 3.